The van der Waals surface area contributed by atoms with Gasteiger partial charge in [-0.15, -0.1) is 0 Å². The van der Waals surface area contributed by atoms with Crippen molar-refractivity contribution < 1.29 is 4.79 Å². The second-order valence-electron chi connectivity index (χ2n) is 2.97. The van der Waals surface area contributed by atoms with Crippen molar-refractivity contribution in [2.45, 2.75) is 20.8 Å². The lowest BCUT2D eigenvalue weighted by Gasteiger charge is -2.04. The molecule has 0 aliphatic carbocycles. The number of carbonyl (C=O) groups excluding carboxylic acids is 1. The molecule has 0 bridgehead atoms. The van der Waals surface area contributed by atoms with Crippen LogP contribution in [-0.4, -0.2) is 5.78 Å². The van der Waals surface area contributed by atoms with Crippen LogP contribution in [-0.2, 0) is 0 Å². The first-order chi connectivity index (χ1) is 5.52. The second kappa shape index (κ2) is 3.56. The summed E-state index contributed by atoms with van der Waals surface area (Å²) < 4.78 is 1.04. The highest BCUT2D eigenvalue weighted by Crippen LogP contribution is 2.18. The highest BCUT2D eigenvalue weighted by Gasteiger charge is 2.06. The molecule has 0 N–H and O–H groups in total. The number of rotatable bonds is 1. The third-order valence-corrected chi connectivity index (χ3v) is 2.86. The molecule has 0 unspecified atom stereocenters. The van der Waals surface area contributed by atoms with E-state index in [0.29, 0.717) is 0 Å². The van der Waals surface area contributed by atoms with E-state index in [4.69, 9.17) is 0 Å². The van der Waals surface area contributed by atoms with E-state index in [1.165, 1.54) is 11.1 Å². The van der Waals surface area contributed by atoms with Crippen LogP contribution in [0.5, 0.6) is 0 Å². The Balaban J connectivity index is 3.33. The molecule has 0 radical (unpaired) electrons. The van der Waals surface area contributed by atoms with E-state index in [2.05, 4.69) is 29.5 Å². The van der Waals surface area contributed by atoms with E-state index in [9.17, 15) is 4.79 Å². The summed E-state index contributed by atoms with van der Waals surface area (Å²) in [6.45, 7) is 5.69. The molecule has 0 heterocycles. The first-order valence-corrected chi connectivity index (χ1v) is 4.88. The van der Waals surface area contributed by atoms with E-state index in [1.807, 2.05) is 19.1 Å². The number of carbonyl (C=O) groups is 1. The summed E-state index contributed by atoms with van der Waals surface area (Å²) in [4.78, 5) is 11.1. The Morgan fingerprint density at radius 2 is 1.75 bits per heavy atom. The monoisotopic (exact) mass is 274 g/mol. The Kier molecular flexibility index (Phi) is 2.88. The smallest absolute Gasteiger partial charge is 0.160 e. The summed E-state index contributed by atoms with van der Waals surface area (Å²) >= 11 is 2.20. The van der Waals surface area contributed by atoms with Crippen LogP contribution >= 0.6 is 22.6 Å². The topological polar surface area (TPSA) is 17.1 Å². The van der Waals surface area contributed by atoms with Crippen molar-refractivity contribution in [1.29, 1.82) is 0 Å². The van der Waals surface area contributed by atoms with E-state index in [1.54, 1.807) is 6.92 Å². The third-order valence-electron chi connectivity index (χ3n) is 1.96. The summed E-state index contributed by atoms with van der Waals surface area (Å²) in [6, 6.07) is 4.01. The van der Waals surface area contributed by atoms with Gasteiger partial charge in [0.15, 0.2) is 5.78 Å². The minimum Gasteiger partial charge on any atom is -0.294 e. The van der Waals surface area contributed by atoms with Gasteiger partial charge in [-0.2, -0.15) is 0 Å². The number of hydrogen-bond donors (Lipinski definition) is 0. The van der Waals surface area contributed by atoms with Crippen LogP contribution in [0.2, 0.25) is 0 Å². The predicted molar refractivity (Wildman–Crippen MR) is 58.6 cm³/mol. The maximum Gasteiger partial charge on any atom is 0.160 e. The molecule has 0 spiro atoms. The summed E-state index contributed by atoms with van der Waals surface area (Å²) in [6.07, 6.45) is 0. The Morgan fingerprint density at radius 1 is 1.25 bits per heavy atom. The molecule has 0 aromatic heterocycles. The van der Waals surface area contributed by atoms with Crippen LogP contribution in [0.4, 0.5) is 0 Å². The van der Waals surface area contributed by atoms with Crippen molar-refractivity contribution in [2.75, 3.05) is 0 Å². The van der Waals surface area contributed by atoms with Crippen molar-refractivity contribution in [2.24, 2.45) is 0 Å². The number of benzene rings is 1. The largest absolute Gasteiger partial charge is 0.294 e. The van der Waals surface area contributed by atoms with E-state index in [0.717, 1.165) is 9.13 Å². The van der Waals surface area contributed by atoms with Gasteiger partial charge < -0.3 is 0 Å². The first kappa shape index (κ1) is 9.71. The molecule has 12 heavy (non-hydrogen) atoms. The fraction of sp³-hybridized carbons (Fsp3) is 0.300. The fourth-order valence-electron chi connectivity index (χ4n) is 1.05. The molecule has 1 nitrogen and oxygen atoms in total. The Labute approximate surface area is 86.3 Å². The minimum atomic E-state index is 0.141. The summed E-state index contributed by atoms with van der Waals surface area (Å²) in [5.74, 6) is 0.141. The van der Waals surface area contributed by atoms with Crippen molar-refractivity contribution in [3.8, 4) is 0 Å². The van der Waals surface area contributed by atoms with Crippen LogP contribution in [0, 0.1) is 17.4 Å². The number of aryl methyl sites for hydroxylation is 2. The highest BCUT2D eigenvalue weighted by molar-refractivity contribution is 14.1. The number of Topliss-reactive ketones (excluding diaryl/α,β-unsaturated/α-hetero) is 1. The molecular weight excluding hydrogens is 263 g/mol. The highest BCUT2D eigenvalue weighted by atomic mass is 127. The van der Waals surface area contributed by atoms with Gasteiger partial charge in [0, 0.05) is 9.13 Å². The summed E-state index contributed by atoms with van der Waals surface area (Å²) in [7, 11) is 0. The lowest BCUT2D eigenvalue weighted by atomic mass is 10.0. The van der Waals surface area contributed by atoms with Gasteiger partial charge in [0.25, 0.3) is 0 Å². The van der Waals surface area contributed by atoms with Crippen molar-refractivity contribution in [1.82, 2.24) is 0 Å². The molecule has 0 aliphatic heterocycles. The zero-order valence-corrected chi connectivity index (χ0v) is 9.60. The van der Waals surface area contributed by atoms with E-state index >= 15 is 0 Å². The van der Waals surface area contributed by atoms with Crippen molar-refractivity contribution >= 4 is 28.4 Å². The fourth-order valence-corrected chi connectivity index (χ4v) is 2.05. The molecule has 0 amide bonds. The maximum absolute atomic E-state index is 11.1. The molecule has 0 aliphatic rings. The molecule has 0 atom stereocenters. The number of ketones is 1. The van der Waals surface area contributed by atoms with Crippen LogP contribution in [0.15, 0.2) is 12.1 Å². The normalized spacial score (nSPS) is 10.0. The van der Waals surface area contributed by atoms with Crippen molar-refractivity contribution in [3.05, 3.63) is 32.4 Å². The zero-order valence-electron chi connectivity index (χ0n) is 7.44. The predicted octanol–water partition coefficient (Wildman–Crippen LogP) is 3.11. The number of hydrogen-bond acceptors (Lipinski definition) is 1. The van der Waals surface area contributed by atoms with Crippen molar-refractivity contribution in [3.63, 3.8) is 0 Å². The van der Waals surface area contributed by atoms with Crippen LogP contribution in [0.25, 0.3) is 0 Å². The second-order valence-corrected chi connectivity index (χ2v) is 4.13. The van der Waals surface area contributed by atoms with Gasteiger partial charge in [0.2, 0.25) is 0 Å². The van der Waals surface area contributed by atoms with Crippen LogP contribution < -0.4 is 0 Å². The molecule has 64 valence electrons. The molecule has 0 saturated carbocycles. The van der Waals surface area contributed by atoms with Crippen LogP contribution in [0.3, 0.4) is 0 Å². The van der Waals surface area contributed by atoms with E-state index < -0.39 is 0 Å². The molecule has 2 heteroatoms. The Hall–Kier alpha value is -0.380. The van der Waals surface area contributed by atoms with Gasteiger partial charge in [-0.3, -0.25) is 4.79 Å². The lowest BCUT2D eigenvalue weighted by molar-refractivity contribution is 0.101. The zero-order chi connectivity index (χ0) is 9.30. The van der Waals surface area contributed by atoms with Gasteiger partial charge in [0.1, 0.15) is 0 Å². The Bertz CT molecular complexity index is 329. The molecule has 1 aromatic rings. The summed E-state index contributed by atoms with van der Waals surface area (Å²) in [5.41, 5.74) is 3.25. The van der Waals surface area contributed by atoms with Gasteiger partial charge >= 0.3 is 0 Å². The average Bonchev–Trinajstić information content (AvgIpc) is 1.96. The molecule has 0 fully saturated rings. The SMILES string of the molecule is CC(=O)c1cc(C)c(C)cc1I. The molecular formula is C10H11IO. The van der Waals surface area contributed by atoms with Crippen LogP contribution in [0.1, 0.15) is 28.4 Å². The van der Waals surface area contributed by atoms with Gasteiger partial charge in [-0.1, -0.05) is 0 Å². The maximum atomic E-state index is 11.1. The molecule has 1 aromatic carbocycles. The third kappa shape index (κ3) is 1.86. The Morgan fingerprint density at radius 3 is 2.25 bits per heavy atom. The minimum absolute atomic E-state index is 0.141. The van der Waals surface area contributed by atoms with Gasteiger partial charge in [-0.05, 0) is 66.6 Å². The van der Waals surface area contributed by atoms with Gasteiger partial charge in [0.05, 0.1) is 0 Å². The number of halogens is 1. The summed E-state index contributed by atoms with van der Waals surface area (Å²) in [5, 5.41) is 0. The quantitative estimate of drug-likeness (QED) is 0.568. The average molecular weight is 274 g/mol. The van der Waals surface area contributed by atoms with E-state index in [-0.39, 0.29) is 5.78 Å². The lowest BCUT2D eigenvalue weighted by Crippen LogP contribution is -1.97. The standard InChI is InChI=1S/C10H11IO/c1-6-4-9(8(3)12)10(11)5-7(6)2/h4-5H,1-3H3. The molecule has 1 rings (SSSR count). The molecule has 0 saturated heterocycles. The van der Waals surface area contributed by atoms with Gasteiger partial charge in [-0.25, -0.2) is 0 Å². The first-order valence-electron chi connectivity index (χ1n) is 3.80.